The van der Waals surface area contributed by atoms with Crippen LogP contribution < -0.4 is 15.8 Å². The highest BCUT2D eigenvalue weighted by atomic mass is 16.5. The summed E-state index contributed by atoms with van der Waals surface area (Å²) in [4.78, 5) is 28.7. The van der Waals surface area contributed by atoms with Crippen LogP contribution in [0.2, 0.25) is 0 Å². The molecule has 0 spiro atoms. The fourth-order valence-corrected chi connectivity index (χ4v) is 3.39. The summed E-state index contributed by atoms with van der Waals surface area (Å²) in [6.07, 6.45) is 2.14. The minimum atomic E-state index is -0.574. The van der Waals surface area contributed by atoms with Gasteiger partial charge in [-0.2, -0.15) is 5.10 Å². The van der Waals surface area contributed by atoms with E-state index in [1.54, 1.807) is 11.6 Å². The molecule has 0 radical (unpaired) electrons. The van der Waals surface area contributed by atoms with E-state index in [1.807, 2.05) is 39.0 Å². The van der Waals surface area contributed by atoms with Gasteiger partial charge in [-0.05, 0) is 50.5 Å². The Labute approximate surface area is 180 Å². The van der Waals surface area contributed by atoms with E-state index in [1.165, 1.54) is 6.20 Å². The summed E-state index contributed by atoms with van der Waals surface area (Å²) in [5.74, 6) is -0.107. The molecule has 2 amide bonds. The van der Waals surface area contributed by atoms with Gasteiger partial charge in [-0.1, -0.05) is 6.07 Å². The van der Waals surface area contributed by atoms with Crippen molar-refractivity contribution in [1.29, 1.82) is 0 Å². The Kier molecular flexibility index (Phi) is 6.86. The van der Waals surface area contributed by atoms with Gasteiger partial charge in [-0.25, -0.2) is 9.50 Å². The molecular weight excluding hydrogens is 398 g/mol. The molecule has 164 valence electrons. The second kappa shape index (κ2) is 9.57. The number of rotatable bonds is 9. The minimum Gasteiger partial charge on any atom is -0.489 e. The van der Waals surface area contributed by atoms with E-state index < -0.39 is 5.91 Å². The molecule has 0 aliphatic rings. The topological polar surface area (TPSA) is 121 Å². The fraction of sp³-hybridized carbons (Fsp3) is 0.364. The van der Waals surface area contributed by atoms with Gasteiger partial charge in [-0.3, -0.25) is 9.59 Å². The average molecular weight is 425 g/mol. The van der Waals surface area contributed by atoms with Gasteiger partial charge >= 0.3 is 0 Å². The zero-order valence-corrected chi connectivity index (χ0v) is 18.2. The van der Waals surface area contributed by atoms with Gasteiger partial charge in [0.25, 0.3) is 5.91 Å². The summed E-state index contributed by atoms with van der Waals surface area (Å²) in [7, 11) is 1.61. The lowest BCUT2D eigenvalue weighted by Crippen LogP contribution is -2.16. The Bertz CT molecular complexity index is 1120. The first-order valence-corrected chi connectivity index (χ1v) is 9.97. The zero-order valence-electron chi connectivity index (χ0n) is 18.2. The summed E-state index contributed by atoms with van der Waals surface area (Å²) >= 11 is 0. The normalized spacial score (nSPS) is 11.0. The highest BCUT2D eigenvalue weighted by molar-refractivity contribution is 5.98. The van der Waals surface area contributed by atoms with E-state index in [-0.39, 0.29) is 17.9 Å². The van der Waals surface area contributed by atoms with Crippen molar-refractivity contribution < 1.29 is 19.1 Å². The maximum atomic E-state index is 12.6. The molecule has 0 bridgehead atoms. The molecule has 0 saturated carbocycles. The third-order valence-corrected chi connectivity index (χ3v) is 5.03. The Morgan fingerprint density at radius 2 is 1.97 bits per heavy atom. The van der Waals surface area contributed by atoms with E-state index in [2.05, 4.69) is 15.4 Å². The predicted molar refractivity (Wildman–Crippen MR) is 116 cm³/mol. The van der Waals surface area contributed by atoms with Crippen molar-refractivity contribution in [2.45, 2.75) is 33.6 Å². The van der Waals surface area contributed by atoms with Crippen LogP contribution in [0.25, 0.3) is 5.65 Å². The first-order chi connectivity index (χ1) is 14.8. The number of methoxy groups -OCH3 is 1. The summed E-state index contributed by atoms with van der Waals surface area (Å²) in [5.41, 5.74) is 10.2. The smallest absolute Gasteiger partial charge is 0.254 e. The second-order valence-electron chi connectivity index (χ2n) is 7.31. The van der Waals surface area contributed by atoms with Crippen molar-refractivity contribution in [2.75, 3.05) is 25.6 Å². The lowest BCUT2D eigenvalue weighted by molar-refractivity contribution is -0.116. The highest BCUT2D eigenvalue weighted by Crippen LogP contribution is 2.26. The van der Waals surface area contributed by atoms with Crippen LogP contribution in [0.3, 0.4) is 0 Å². The maximum absolute atomic E-state index is 12.6. The number of ether oxygens (including phenoxy) is 2. The Morgan fingerprint density at radius 3 is 2.68 bits per heavy atom. The van der Waals surface area contributed by atoms with Gasteiger partial charge in [0.2, 0.25) is 5.91 Å². The van der Waals surface area contributed by atoms with Crippen LogP contribution in [0.1, 0.15) is 39.3 Å². The first-order valence-electron chi connectivity index (χ1n) is 9.97. The molecule has 1 aromatic carbocycles. The van der Waals surface area contributed by atoms with Gasteiger partial charge in [0.15, 0.2) is 5.65 Å². The quantitative estimate of drug-likeness (QED) is 0.508. The van der Waals surface area contributed by atoms with E-state index >= 15 is 0 Å². The van der Waals surface area contributed by atoms with Crippen LogP contribution in [-0.4, -0.2) is 46.7 Å². The number of nitrogens with zero attached hydrogens (tertiary/aromatic N) is 3. The number of hydrogen-bond acceptors (Lipinski definition) is 6. The molecule has 3 rings (SSSR count). The molecule has 3 N–H and O–H groups in total. The minimum absolute atomic E-state index is 0.141. The molecule has 31 heavy (non-hydrogen) atoms. The highest BCUT2D eigenvalue weighted by Gasteiger charge is 2.17. The van der Waals surface area contributed by atoms with Gasteiger partial charge in [0.1, 0.15) is 17.9 Å². The number of aryl methyl sites for hydroxylation is 3. The molecule has 9 heteroatoms. The lowest BCUT2D eigenvalue weighted by Gasteiger charge is -2.14. The lowest BCUT2D eigenvalue weighted by atomic mass is 10.1. The molecule has 0 fully saturated rings. The van der Waals surface area contributed by atoms with Gasteiger partial charge < -0.3 is 20.5 Å². The number of fused-ring (bicyclic) bond motifs is 1. The third-order valence-electron chi connectivity index (χ3n) is 5.03. The van der Waals surface area contributed by atoms with Crippen LogP contribution >= 0.6 is 0 Å². The van der Waals surface area contributed by atoms with Crippen molar-refractivity contribution in [1.82, 2.24) is 14.6 Å². The number of hydrogen-bond donors (Lipinski definition) is 2. The third kappa shape index (κ3) is 5.00. The number of carbonyl (C=O) groups is 2. The number of primary amides is 1. The summed E-state index contributed by atoms with van der Waals surface area (Å²) in [6, 6.07) is 5.62. The fourth-order valence-electron chi connectivity index (χ4n) is 3.39. The molecule has 0 unspecified atom stereocenters. The monoisotopic (exact) mass is 425 g/mol. The standard InChI is InChI=1S/C22H27N5O4/c1-13-5-7-18(19(11-13)31-10-9-30-4)26-20(28)8-6-16-14(2)25-22-17(21(23)29)12-24-27(22)15(16)3/h5,7,11-12H,6,8-10H2,1-4H3,(H2,23,29)(H,26,28). The number of aromatic nitrogens is 3. The van der Waals surface area contributed by atoms with Crippen molar-refractivity contribution in [2.24, 2.45) is 5.73 Å². The number of nitrogens with one attached hydrogen (secondary N) is 1. The molecule has 0 aliphatic carbocycles. The van der Waals surface area contributed by atoms with E-state index in [0.29, 0.717) is 36.7 Å². The average Bonchev–Trinajstić information content (AvgIpc) is 3.14. The molecule has 9 nitrogen and oxygen atoms in total. The number of anilines is 1. The van der Waals surface area contributed by atoms with E-state index in [0.717, 1.165) is 22.5 Å². The summed E-state index contributed by atoms with van der Waals surface area (Å²) < 4.78 is 12.3. The molecule has 2 heterocycles. The molecule has 2 aromatic heterocycles. The summed E-state index contributed by atoms with van der Waals surface area (Å²) in [6.45, 7) is 6.54. The largest absolute Gasteiger partial charge is 0.489 e. The van der Waals surface area contributed by atoms with Crippen molar-refractivity contribution in [3.8, 4) is 5.75 Å². The molecule has 0 atom stereocenters. The predicted octanol–water partition coefficient (Wildman–Crippen LogP) is 2.35. The van der Waals surface area contributed by atoms with E-state index in [9.17, 15) is 9.59 Å². The van der Waals surface area contributed by atoms with Crippen molar-refractivity contribution >= 4 is 23.1 Å². The zero-order chi connectivity index (χ0) is 22.5. The van der Waals surface area contributed by atoms with Gasteiger partial charge in [-0.15, -0.1) is 0 Å². The number of carbonyl (C=O) groups excluding carboxylic acids is 2. The number of nitrogens with two attached hydrogens (primary N) is 1. The Morgan fingerprint density at radius 1 is 1.19 bits per heavy atom. The Balaban J connectivity index is 1.73. The van der Waals surface area contributed by atoms with Crippen LogP contribution in [-0.2, 0) is 16.0 Å². The molecule has 0 saturated heterocycles. The maximum Gasteiger partial charge on any atom is 0.254 e. The number of amides is 2. The van der Waals surface area contributed by atoms with Crippen LogP contribution in [0, 0.1) is 20.8 Å². The van der Waals surface area contributed by atoms with Gasteiger partial charge in [0, 0.05) is 24.9 Å². The summed E-state index contributed by atoms with van der Waals surface area (Å²) in [5, 5.41) is 7.14. The van der Waals surface area contributed by atoms with Crippen LogP contribution in [0.5, 0.6) is 5.75 Å². The second-order valence-corrected chi connectivity index (χ2v) is 7.31. The molecule has 0 aliphatic heterocycles. The molecule has 3 aromatic rings. The number of benzene rings is 1. The first kappa shape index (κ1) is 22.2. The SMILES string of the molecule is COCCOc1cc(C)ccc1NC(=O)CCc1c(C)nc2c(C(N)=O)cnn2c1C. The van der Waals surface area contributed by atoms with Gasteiger partial charge in [0.05, 0.1) is 18.5 Å². The van der Waals surface area contributed by atoms with E-state index in [4.69, 9.17) is 15.2 Å². The Hall–Kier alpha value is -3.46. The van der Waals surface area contributed by atoms with Crippen molar-refractivity contribution in [3.05, 3.63) is 52.5 Å². The van der Waals surface area contributed by atoms with Crippen LogP contribution in [0.15, 0.2) is 24.4 Å². The van der Waals surface area contributed by atoms with Crippen molar-refractivity contribution in [3.63, 3.8) is 0 Å². The molecular formula is C22H27N5O4. The van der Waals surface area contributed by atoms with Crippen LogP contribution in [0.4, 0.5) is 5.69 Å².